The van der Waals surface area contributed by atoms with E-state index in [2.05, 4.69) is 10.2 Å². The number of benzene rings is 1. The Morgan fingerprint density at radius 1 is 1.40 bits per heavy atom. The average Bonchev–Trinajstić information content (AvgIpc) is 2.30. The number of nitrogen functional groups attached to an aromatic ring is 1. The van der Waals surface area contributed by atoms with Crippen LogP contribution >= 0.6 is 0 Å². The van der Waals surface area contributed by atoms with E-state index in [0.29, 0.717) is 0 Å². The summed E-state index contributed by atoms with van der Waals surface area (Å²) in [5.41, 5.74) is 7.66. The zero-order valence-corrected chi connectivity index (χ0v) is 8.94. The van der Waals surface area contributed by atoms with E-state index in [0.717, 1.165) is 25.3 Å². The van der Waals surface area contributed by atoms with Gasteiger partial charge >= 0.3 is 0 Å². The van der Waals surface area contributed by atoms with Crippen molar-refractivity contribution in [3.05, 3.63) is 24.3 Å². The zero-order chi connectivity index (χ0) is 10.7. The van der Waals surface area contributed by atoms with E-state index in [4.69, 9.17) is 10.5 Å². The molecule has 1 saturated heterocycles. The Kier molecular flexibility index (Phi) is 3.08. The van der Waals surface area contributed by atoms with Gasteiger partial charge in [0, 0.05) is 31.6 Å². The van der Waals surface area contributed by atoms with Gasteiger partial charge in [0.25, 0.3) is 0 Å². The first-order chi connectivity index (χ1) is 7.29. The Morgan fingerprint density at radius 3 is 2.80 bits per heavy atom. The van der Waals surface area contributed by atoms with Crippen LogP contribution in [-0.2, 0) is 4.74 Å². The molecule has 1 aromatic carbocycles. The molecule has 1 aliphatic rings. The lowest BCUT2D eigenvalue weighted by atomic mass is 10.2. The Hall–Kier alpha value is -1.26. The van der Waals surface area contributed by atoms with E-state index in [9.17, 15) is 0 Å². The van der Waals surface area contributed by atoms with Gasteiger partial charge in [0.05, 0.1) is 6.54 Å². The second-order valence-electron chi connectivity index (χ2n) is 3.72. The number of ether oxygens (including phenoxy) is 1. The monoisotopic (exact) mass is 207 g/mol. The van der Waals surface area contributed by atoms with Crippen LogP contribution in [0.1, 0.15) is 0 Å². The van der Waals surface area contributed by atoms with Crippen LogP contribution in [0.15, 0.2) is 24.3 Å². The van der Waals surface area contributed by atoms with E-state index >= 15 is 0 Å². The molecule has 0 aliphatic carbocycles. The van der Waals surface area contributed by atoms with E-state index in [-0.39, 0.29) is 6.23 Å². The highest BCUT2D eigenvalue weighted by atomic mass is 16.5. The fourth-order valence-corrected chi connectivity index (χ4v) is 1.79. The van der Waals surface area contributed by atoms with Crippen molar-refractivity contribution in [3.8, 4) is 0 Å². The third-order valence-corrected chi connectivity index (χ3v) is 2.68. The van der Waals surface area contributed by atoms with Crippen LogP contribution in [-0.4, -0.2) is 33.0 Å². The van der Waals surface area contributed by atoms with Gasteiger partial charge in [-0.2, -0.15) is 0 Å². The molecule has 0 unspecified atom stereocenters. The predicted octanol–water partition coefficient (Wildman–Crippen LogP) is 0.651. The van der Waals surface area contributed by atoms with Crippen molar-refractivity contribution >= 4 is 11.4 Å². The summed E-state index contributed by atoms with van der Waals surface area (Å²) in [5.74, 6) is 0. The highest BCUT2D eigenvalue weighted by molar-refractivity contribution is 5.53. The smallest absolute Gasteiger partial charge is 0.125 e. The number of anilines is 2. The molecule has 4 nitrogen and oxygen atoms in total. The van der Waals surface area contributed by atoms with Gasteiger partial charge in [-0.15, -0.1) is 0 Å². The summed E-state index contributed by atoms with van der Waals surface area (Å²) in [5, 5.41) is 3.29. The van der Waals surface area contributed by atoms with Crippen molar-refractivity contribution in [2.75, 3.05) is 37.4 Å². The minimum Gasteiger partial charge on any atom is -0.399 e. The molecule has 3 N–H and O–H groups in total. The normalized spacial score (nSPS) is 21.7. The SMILES string of the molecule is CO[C@@H]1CN(c2ccc(N)cc2)CCN1. The third-order valence-electron chi connectivity index (χ3n) is 2.68. The quantitative estimate of drug-likeness (QED) is 0.699. The number of methoxy groups -OCH3 is 1. The molecule has 82 valence electrons. The number of nitrogens with zero attached hydrogens (tertiary/aromatic N) is 1. The van der Waals surface area contributed by atoms with E-state index in [1.807, 2.05) is 24.3 Å². The molecule has 0 amide bonds. The first-order valence-electron chi connectivity index (χ1n) is 5.16. The maximum atomic E-state index is 5.65. The minimum atomic E-state index is 0.122. The van der Waals surface area contributed by atoms with Crippen molar-refractivity contribution < 1.29 is 4.74 Å². The fraction of sp³-hybridized carbons (Fsp3) is 0.455. The van der Waals surface area contributed by atoms with Gasteiger partial charge in [-0.05, 0) is 24.3 Å². The maximum absolute atomic E-state index is 5.65. The lowest BCUT2D eigenvalue weighted by molar-refractivity contribution is 0.0706. The molecular weight excluding hydrogens is 190 g/mol. The Morgan fingerprint density at radius 2 is 2.13 bits per heavy atom. The Balaban J connectivity index is 2.06. The van der Waals surface area contributed by atoms with E-state index in [1.165, 1.54) is 5.69 Å². The van der Waals surface area contributed by atoms with E-state index < -0.39 is 0 Å². The van der Waals surface area contributed by atoms with Crippen LogP contribution in [0.25, 0.3) is 0 Å². The number of hydrogen-bond acceptors (Lipinski definition) is 4. The van der Waals surface area contributed by atoms with Crippen molar-refractivity contribution in [3.63, 3.8) is 0 Å². The highest BCUT2D eigenvalue weighted by Gasteiger charge is 2.18. The molecule has 0 aromatic heterocycles. The topological polar surface area (TPSA) is 50.5 Å². The number of piperazine rings is 1. The van der Waals surface area contributed by atoms with Crippen LogP contribution in [0.2, 0.25) is 0 Å². The standard InChI is InChI=1S/C11H17N3O/c1-15-11-8-14(7-6-13-11)10-4-2-9(12)3-5-10/h2-5,11,13H,6-8,12H2,1H3/t11-/m1/s1. The van der Waals surface area contributed by atoms with Gasteiger partial charge in [-0.3, -0.25) is 5.32 Å². The molecule has 0 bridgehead atoms. The van der Waals surface area contributed by atoms with Gasteiger partial charge in [0.1, 0.15) is 6.23 Å². The van der Waals surface area contributed by atoms with Crippen molar-refractivity contribution in [1.29, 1.82) is 0 Å². The van der Waals surface area contributed by atoms with Crippen molar-refractivity contribution in [2.24, 2.45) is 0 Å². The minimum absolute atomic E-state index is 0.122. The maximum Gasteiger partial charge on any atom is 0.125 e. The fourth-order valence-electron chi connectivity index (χ4n) is 1.79. The van der Waals surface area contributed by atoms with Crippen LogP contribution in [0.3, 0.4) is 0 Å². The molecule has 0 saturated carbocycles. The molecule has 1 heterocycles. The lowest BCUT2D eigenvalue weighted by Crippen LogP contribution is -2.51. The predicted molar refractivity (Wildman–Crippen MR) is 61.9 cm³/mol. The van der Waals surface area contributed by atoms with Crippen LogP contribution in [0.4, 0.5) is 11.4 Å². The molecule has 1 aromatic rings. The summed E-state index contributed by atoms with van der Waals surface area (Å²) >= 11 is 0. The molecule has 0 radical (unpaired) electrons. The van der Waals surface area contributed by atoms with Crippen LogP contribution in [0.5, 0.6) is 0 Å². The molecule has 1 aliphatic heterocycles. The first-order valence-corrected chi connectivity index (χ1v) is 5.16. The summed E-state index contributed by atoms with van der Waals surface area (Å²) in [6, 6.07) is 7.96. The molecule has 4 heteroatoms. The van der Waals surface area contributed by atoms with Crippen LogP contribution < -0.4 is 16.0 Å². The summed E-state index contributed by atoms with van der Waals surface area (Å²) in [6.07, 6.45) is 0.122. The second kappa shape index (κ2) is 4.51. The third kappa shape index (κ3) is 2.40. The van der Waals surface area contributed by atoms with Crippen molar-refractivity contribution in [2.45, 2.75) is 6.23 Å². The second-order valence-corrected chi connectivity index (χ2v) is 3.72. The van der Waals surface area contributed by atoms with Crippen molar-refractivity contribution in [1.82, 2.24) is 5.32 Å². The number of rotatable bonds is 2. The molecule has 0 spiro atoms. The molecule has 2 rings (SSSR count). The van der Waals surface area contributed by atoms with Gasteiger partial charge in [0.2, 0.25) is 0 Å². The zero-order valence-electron chi connectivity index (χ0n) is 8.94. The molecule has 1 atom stereocenters. The van der Waals surface area contributed by atoms with Gasteiger partial charge in [-0.25, -0.2) is 0 Å². The average molecular weight is 207 g/mol. The molecule has 1 fully saturated rings. The van der Waals surface area contributed by atoms with Crippen LogP contribution in [0, 0.1) is 0 Å². The Bertz CT molecular complexity index is 312. The molecule has 15 heavy (non-hydrogen) atoms. The summed E-state index contributed by atoms with van der Waals surface area (Å²) in [6.45, 7) is 2.83. The first kappa shape index (κ1) is 10.3. The lowest BCUT2D eigenvalue weighted by Gasteiger charge is -2.34. The summed E-state index contributed by atoms with van der Waals surface area (Å²) in [7, 11) is 1.73. The Labute approximate surface area is 90.0 Å². The highest BCUT2D eigenvalue weighted by Crippen LogP contribution is 2.17. The van der Waals surface area contributed by atoms with Gasteiger partial charge in [0.15, 0.2) is 0 Å². The molecular formula is C11H17N3O. The number of hydrogen-bond donors (Lipinski definition) is 2. The number of nitrogens with one attached hydrogen (secondary N) is 1. The van der Waals surface area contributed by atoms with Gasteiger partial charge < -0.3 is 15.4 Å². The number of nitrogens with two attached hydrogens (primary N) is 1. The summed E-state index contributed by atoms with van der Waals surface area (Å²) in [4.78, 5) is 2.30. The van der Waals surface area contributed by atoms with E-state index in [1.54, 1.807) is 7.11 Å². The largest absolute Gasteiger partial charge is 0.399 e. The summed E-state index contributed by atoms with van der Waals surface area (Å²) < 4.78 is 5.29. The van der Waals surface area contributed by atoms with Gasteiger partial charge in [-0.1, -0.05) is 0 Å².